The van der Waals surface area contributed by atoms with Crippen molar-refractivity contribution in [1.82, 2.24) is 20.0 Å². The van der Waals surface area contributed by atoms with Gasteiger partial charge in [-0.2, -0.15) is 0 Å². The summed E-state index contributed by atoms with van der Waals surface area (Å²) in [5, 5.41) is 7.31. The first-order valence-corrected chi connectivity index (χ1v) is 13.4. The van der Waals surface area contributed by atoms with E-state index >= 15 is 0 Å². The first-order chi connectivity index (χ1) is 18.5. The van der Waals surface area contributed by atoms with Crippen molar-refractivity contribution in [2.24, 2.45) is 5.73 Å². The van der Waals surface area contributed by atoms with Gasteiger partial charge in [0.25, 0.3) is 5.91 Å². The van der Waals surface area contributed by atoms with Crippen LogP contribution in [0.1, 0.15) is 76.6 Å². The number of rotatable bonds is 13. The fourth-order valence-electron chi connectivity index (χ4n) is 4.85. The molecule has 4 N–H and O–H groups in total. The number of amides is 1. The van der Waals surface area contributed by atoms with Gasteiger partial charge in [-0.3, -0.25) is 9.69 Å². The Balaban J connectivity index is 1.48. The number of H-pyrrole nitrogens is 1. The van der Waals surface area contributed by atoms with Crippen LogP contribution < -0.4 is 11.1 Å². The smallest absolute Gasteiger partial charge is 0.255 e. The molecule has 200 valence electrons. The van der Waals surface area contributed by atoms with E-state index < -0.39 is 0 Å². The van der Waals surface area contributed by atoms with Crippen molar-refractivity contribution in [3.63, 3.8) is 0 Å². The maximum absolute atomic E-state index is 13.2. The highest BCUT2D eigenvalue weighted by Gasteiger charge is 2.16. The first kappa shape index (κ1) is 27.3. The van der Waals surface area contributed by atoms with Gasteiger partial charge < -0.3 is 20.6 Å². The van der Waals surface area contributed by atoms with Crippen molar-refractivity contribution in [2.75, 3.05) is 5.32 Å². The number of hydrogen-bond acceptors (Lipinski definition) is 6. The Morgan fingerprint density at radius 2 is 1.79 bits per heavy atom. The molecule has 0 spiro atoms. The molecule has 2 heterocycles. The molecule has 0 aliphatic rings. The molecule has 0 saturated heterocycles. The zero-order chi connectivity index (χ0) is 26.9. The van der Waals surface area contributed by atoms with Crippen LogP contribution in [0.4, 0.5) is 5.69 Å². The Morgan fingerprint density at radius 1 is 1.03 bits per heavy atom. The molecule has 1 amide bonds. The van der Waals surface area contributed by atoms with Gasteiger partial charge in [-0.05, 0) is 60.2 Å². The van der Waals surface area contributed by atoms with Crippen LogP contribution in [0.3, 0.4) is 0 Å². The summed E-state index contributed by atoms with van der Waals surface area (Å²) in [6.45, 7) is 8.67. The zero-order valence-corrected chi connectivity index (χ0v) is 22.6. The van der Waals surface area contributed by atoms with E-state index in [4.69, 9.17) is 10.3 Å². The normalized spacial score (nSPS) is 11.3. The molecule has 8 nitrogen and oxygen atoms in total. The molecular formula is C30H38N6O2. The topological polar surface area (TPSA) is 113 Å². The number of nitrogens with one attached hydrogen (secondary N) is 2. The lowest BCUT2D eigenvalue weighted by Gasteiger charge is -2.20. The van der Waals surface area contributed by atoms with Crippen molar-refractivity contribution >= 4 is 11.6 Å². The summed E-state index contributed by atoms with van der Waals surface area (Å²) in [5.41, 5.74) is 13.1. The number of aromatic amines is 1. The van der Waals surface area contributed by atoms with E-state index in [1.54, 1.807) is 6.20 Å². The molecule has 0 fully saturated rings. The Kier molecular flexibility index (Phi) is 9.46. The molecular weight excluding hydrogens is 476 g/mol. The van der Waals surface area contributed by atoms with Crippen LogP contribution in [0.25, 0.3) is 0 Å². The predicted molar refractivity (Wildman–Crippen MR) is 149 cm³/mol. The number of nitrogens with zero attached hydrogens (tertiary/aromatic N) is 3. The third-order valence-electron chi connectivity index (χ3n) is 6.61. The van der Waals surface area contributed by atoms with Gasteiger partial charge in [0.2, 0.25) is 0 Å². The number of imidazole rings is 1. The fourth-order valence-corrected chi connectivity index (χ4v) is 4.85. The molecule has 4 aromatic rings. The summed E-state index contributed by atoms with van der Waals surface area (Å²) in [4.78, 5) is 23.0. The molecule has 2 aromatic heterocycles. The molecule has 0 atom stereocenters. The highest BCUT2D eigenvalue weighted by molar-refractivity contribution is 6.04. The average molecular weight is 515 g/mol. The molecule has 38 heavy (non-hydrogen) atoms. The van der Waals surface area contributed by atoms with E-state index in [1.807, 2.05) is 55.6 Å². The van der Waals surface area contributed by atoms with E-state index in [2.05, 4.69) is 39.2 Å². The highest BCUT2D eigenvalue weighted by atomic mass is 16.5. The maximum atomic E-state index is 13.2. The Labute approximate surface area is 224 Å². The van der Waals surface area contributed by atoms with Gasteiger partial charge in [-0.1, -0.05) is 50.0 Å². The SMILES string of the molecule is CCCc1c(CN)ccc(NC(=O)c2ccc(CN(Cc3cc(C)on3)Cc3ncc[nH]3)cc2)c1CCC. The number of carbonyl (C=O) groups excluding carboxylic acids is 1. The van der Waals surface area contributed by atoms with Gasteiger partial charge in [-0.25, -0.2) is 4.98 Å². The lowest BCUT2D eigenvalue weighted by molar-refractivity contribution is 0.102. The summed E-state index contributed by atoms with van der Waals surface area (Å²) in [7, 11) is 0. The van der Waals surface area contributed by atoms with Crippen molar-refractivity contribution in [2.45, 2.75) is 72.6 Å². The fraction of sp³-hybridized carbons (Fsp3) is 0.367. The minimum absolute atomic E-state index is 0.109. The standard InChI is InChI=1S/C30H38N6O2/c1-4-6-26-24(17-31)12-13-28(27(26)7-5-2)34-30(37)23-10-8-22(9-11-23)18-36(20-29-32-14-15-33-29)19-25-16-21(3)38-35-25/h8-16H,4-7,17-20,31H2,1-3H3,(H,32,33)(H,34,37). The molecule has 0 radical (unpaired) electrons. The highest BCUT2D eigenvalue weighted by Crippen LogP contribution is 2.27. The molecule has 4 rings (SSSR count). The van der Waals surface area contributed by atoms with E-state index in [1.165, 1.54) is 11.1 Å². The second-order valence-electron chi connectivity index (χ2n) is 9.69. The second kappa shape index (κ2) is 13.2. The van der Waals surface area contributed by atoms with Crippen molar-refractivity contribution in [1.29, 1.82) is 0 Å². The van der Waals surface area contributed by atoms with Gasteiger partial charge >= 0.3 is 0 Å². The Hall–Kier alpha value is -3.75. The van der Waals surface area contributed by atoms with Crippen LogP contribution in [0.5, 0.6) is 0 Å². The van der Waals surface area contributed by atoms with E-state index in [0.29, 0.717) is 31.7 Å². The van der Waals surface area contributed by atoms with Gasteiger partial charge in [0.1, 0.15) is 11.6 Å². The second-order valence-corrected chi connectivity index (χ2v) is 9.69. The largest absolute Gasteiger partial charge is 0.361 e. The minimum Gasteiger partial charge on any atom is -0.361 e. The van der Waals surface area contributed by atoms with Crippen LogP contribution in [0.15, 0.2) is 59.4 Å². The van der Waals surface area contributed by atoms with Crippen LogP contribution in [0.2, 0.25) is 0 Å². The van der Waals surface area contributed by atoms with Gasteiger partial charge in [-0.15, -0.1) is 0 Å². The molecule has 0 unspecified atom stereocenters. The average Bonchev–Trinajstić information content (AvgIpc) is 3.58. The van der Waals surface area contributed by atoms with Crippen LogP contribution in [0, 0.1) is 6.92 Å². The number of aromatic nitrogens is 3. The molecule has 2 aromatic carbocycles. The van der Waals surface area contributed by atoms with Crippen LogP contribution in [-0.2, 0) is 39.0 Å². The van der Waals surface area contributed by atoms with Crippen molar-refractivity contribution in [3.8, 4) is 0 Å². The quantitative estimate of drug-likeness (QED) is 0.216. The van der Waals surface area contributed by atoms with Crippen LogP contribution in [-0.4, -0.2) is 25.9 Å². The van der Waals surface area contributed by atoms with E-state index in [0.717, 1.165) is 59.8 Å². The van der Waals surface area contributed by atoms with Crippen LogP contribution >= 0.6 is 0 Å². The number of nitrogens with two attached hydrogens (primary N) is 1. The monoisotopic (exact) mass is 514 g/mol. The van der Waals surface area contributed by atoms with Gasteiger partial charge in [0.15, 0.2) is 0 Å². The summed E-state index contributed by atoms with van der Waals surface area (Å²) >= 11 is 0. The number of carbonyl (C=O) groups is 1. The van der Waals surface area contributed by atoms with Gasteiger partial charge in [0, 0.05) is 49.3 Å². The molecule has 0 aliphatic carbocycles. The Morgan fingerprint density at radius 3 is 2.42 bits per heavy atom. The number of aryl methyl sites for hydroxylation is 1. The number of anilines is 1. The zero-order valence-electron chi connectivity index (χ0n) is 22.6. The molecule has 0 bridgehead atoms. The maximum Gasteiger partial charge on any atom is 0.255 e. The van der Waals surface area contributed by atoms with E-state index in [-0.39, 0.29) is 5.91 Å². The Bertz CT molecular complexity index is 1310. The number of benzene rings is 2. The summed E-state index contributed by atoms with van der Waals surface area (Å²) in [6, 6.07) is 13.8. The van der Waals surface area contributed by atoms with E-state index in [9.17, 15) is 4.79 Å². The third kappa shape index (κ3) is 6.96. The number of hydrogen-bond donors (Lipinski definition) is 3. The van der Waals surface area contributed by atoms with Gasteiger partial charge in [0.05, 0.1) is 12.2 Å². The summed E-state index contributed by atoms with van der Waals surface area (Å²) < 4.78 is 5.25. The lowest BCUT2D eigenvalue weighted by Crippen LogP contribution is -2.23. The minimum atomic E-state index is -0.109. The lowest BCUT2D eigenvalue weighted by atomic mass is 9.92. The summed E-state index contributed by atoms with van der Waals surface area (Å²) in [5.74, 6) is 1.56. The van der Waals surface area contributed by atoms with Crippen molar-refractivity contribution in [3.05, 3.63) is 100.0 Å². The summed E-state index contributed by atoms with van der Waals surface area (Å²) in [6.07, 6.45) is 7.49. The first-order valence-electron chi connectivity index (χ1n) is 13.4. The van der Waals surface area contributed by atoms with Crippen molar-refractivity contribution < 1.29 is 9.32 Å². The molecule has 0 aliphatic heterocycles. The molecule has 0 saturated carbocycles. The third-order valence-corrected chi connectivity index (χ3v) is 6.61. The predicted octanol–water partition coefficient (Wildman–Crippen LogP) is 5.52. The molecule has 8 heteroatoms.